The number of hydrogen-bond donors (Lipinski definition) is 1. The van der Waals surface area contributed by atoms with Crippen LogP contribution in [0.4, 0.5) is 11.4 Å². The van der Waals surface area contributed by atoms with Crippen molar-refractivity contribution in [2.24, 2.45) is 0 Å². The largest absolute Gasteiger partial charge is 0.362 e. The van der Waals surface area contributed by atoms with Gasteiger partial charge in [0.25, 0.3) is 5.91 Å². The van der Waals surface area contributed by atoms with Gasteiger partial charge in [0.2, 0.25) is 5.91 Å². The first-order valence-corrected chi connectivity index (χ1v) is 9.54. The van der Waals surface area contributed by atoms with Crippen molar-refractivity contribution in [2.45, 2.75) is 38.1 Å². The second-order valence-electron chi connectivity index (χ2n) is 6.80. The van der Waals surface area contributed by atoms with E-state index in [4.69, 9.17) is 4.74 Å². The van der Waals surface area contributed by atoms with Crippen LogP contribution in [0.3, 0.4) is 0 Å². The maximum Gasteiger partial charge on any atom is 0.257 e. The minimum absolute atomic E-state index is 0.0976. The first kappa shape index (κ1) is 19.1. The number of amides is 2. The topological polar surface area (TPSA) is 58.6 Å². The number of hydrogen-bond acceptors (Lipinski definition) is 3. The molecule has 0 atom stereocenters. The number of ether oxygens (including phenoxy) is 1. The number of benzene rings is 2. The molecule has 1 N–H and O–H groups in total. The number of para-hydroxylation sites is 2. The van der Waals surface area contributed by atoms with Gasteiger partial charge >= 0.3 is 0 Å². The Morgan fingerprint density at radius 1 is 0.852 bits per heavy atom. The zero-order chi connectivity index (χ0) is 18.9. The molecule has 1 saturated carbocycles. The molecule has 142 valence electrons. The number of nitrogens with zero attached hydrogens (tertiary/aromatic N) is 1. The molecule has 0 saturated heterocycles. The second kappa shape index (κ2) is 9.88. The minimum Gasteiger partial charge on any atom is -0.362 e. The zero-order valence-corrected chi connectivity index (χ0v) is 15.5. The standard InChI is InChI=1S/C22H26N2O3/c25-21(23-18-10-4-1-5-11-18)16-27-17-22(26)24(19-12-6-2-7-13-19)20-14-8-3-9-15-20/h2-3,6-9,12-15,18H,1,4-5,10-11,16-17H2,(H,23,25). The van der Waals surface area contributed by atoms with Crippen molar-refractivity contribution in [2.75, 3.05) is 18.1 Å². The van der Waals surface area contributed by atoms with Crippen LogP contribution in [0.15, 0.2) is 60.7 Å². The van der Waals surface area contributed by atoms with E-state index in [0.29, 0.717) is 0 Å². The number of nitrogens with one attached hydrogen (secondary N) is 1. The molecule has 1 fully saturated rings. The molecule has 0 radical (unpaired) electrons. The molecule has 2 aromatic rings. The fourth-order valence-corrected chi connectivity index (χ4v) is 3.40. The molecule has 2 aromatic carbocycles. The van der Waals surface area contributed by atoms with Gasteiger partial charge in [-0.25, -0.2) is 0 Å². The highest BCUT2D eigenvalue weighted by molar-refractivity contribution is 6.01. The highest BCUT2D eigenvalue weighted by atomic mass is 16.5. The summed E-state index contributed by atoms with van der Waals surface area (Å²) in [6, 6.07) is 19.1. The SMILES string of the molecule is O=C(COCC(=O)N(c1ccccc1)c1ccccc1)NC1CCCCC1. The third kappa shape index (κ3) is 5.66. The van der Waals surface area contributed by atoms with E-state index in [2.05, 4.69) is 5.32 Å². The Morgan fingerprint density at radius 3 is 1.96 bits per heavy atom. The smallest absolute Gasteiger partial charge is 0.257 e. The number of carbonyl (C=O) groups excluding carboxylic acids is 2. The number of anilines is 2. The molecular formula is C22H26N2O3. The van der Waals surface area contributed by atoms with Gasteiger partial charge in [-0.1, -0.05) is 55.7 Å². The summed E-state index contributed by atoms with van der Waals surface area (Å²) in [5, 5.41) is 3.00. The van der Waals surface area contributed by atoms with E-state index < -0.39 is 0 Å². The normalized spacial score (nSPS) is 14.5. The van der Waals surface area contributed by atoms with Gasteiger partial charge < -0.3 is 10.1 Å². The Balaban J connectivity index is 1.56. The number of carbonyl (C=O) groups is 2. The zero-order valence-electron chi connectivity index (χ0n) is 15.5. The lowest BCUT2D eigenvalue weighted by molar-refractivity contribution is -0.130. The summed E-state index contributed by atoms with van der Waals surface area (Å²) in [5.41, 5.74) is 1.54. The van der Waals surface area contributed by atoms with E-state index in [9.17, 15) is 9.59 Å². The van der Waals surface area contributed by atoms with E-state index >= 15 is 0 Å². The van der Waals surface area contributed by atoms with Crippen molar-refractivity contribution in [1.82, 2.24) is 5.32 Å². The summed E-state index contributed by atoms with van der Waals surface area (Å²) >= 11 is 0. The number of rotatable bonds is 7. The van der Waals surface area contributed by atoms with Crippen LogP contribution in [0.25, 0.3) is 0 Å². The first-order chi connectivity index (χ1) is 13.2. The van der Waals surface area contributed by atoms with E-state index in [1.807, 2.05) is 60.7 Å². The average molecular weight is 366 g/mol. The van der Waals surface area contributed by atoms with E-state index in [0.717, 1.165) is 37.1 Å². The molecule has 27 heavy (non-hydrogen) atoms. The Hall–Kier alpha value is -2.66. The summed E-state index contributed by atoms with van der Waals surface area (Å²) in [5.74, 6) is -0.362. The van der Waals surface area contributed by atoms with Crippen LogP contribution in [-0.2, 0) is 14.3 Å². The van der Waals surface area contributed by atoms with Crippen LogP contribution in [0.1, 0.15) is 32.1 Å². The van der Waals surface area contributed by atoms with Gasteiger partial charge in [-0.05, 0) is 37.1 Å². The predicted molar refractivity (Wildman–Crippen MR) is 106 cm³/mol. The van der Waals surface area contributed by atoms with Crippen molar-refractivity contribution in [1.29, 1.82) is 0 Å². The molecule has 0 aliphatic heterocycles. The molecule has 3 rings (SSSR count). The van der Waals surface area contributed by atoms with Crippen LogP contribution in [0, 0.1) is 0 Å². The summed E-state index contributed by atoms with van der Waals surface area (Å²) in [7, 11) is 0. The van der Waals surface area contributed by atoms with Gasteiger partial charge in [-0.15, -0.1) is 0 Å². The van der Waals surface area contributed by atoms with E-state index in [1.165, 1.54) is 6.42 Å². The first-order valence-electron chi connectivity index (χ1n) is 9.54. The summed E-state index contributed by atoms with van der Waals surface area (Å²) < 4.78 is 5.42. The van der Waals surface area contributed by atoms with E-state index in [1.54, 1.807) is 4.90 Å². The van der Waals surface area contributed by atoms with Gasteiger partial charge in [0.1, 0.15) is 13.2 Å². The molecule has 0 aromatic heterocycles. The highest BCUT2D eigenvalue weighted by Gasteiger charge is 2.19. The molecular weight excluding hydrogens is 340 g/mol. The van der Waals surface area contributed by atoms with Crippen LogP contribution in [0.2, 0.25) is 0 Å². The highest BCUT2D eigenvalue weighted by Crippen LogP contribution is 2.25. The van der Waals surface area contributed by atoms with Gasteiger partial charge in [0.15, 0.2) is 0 Å². The summed E-state index contributed by atoms with van der Waals surface area (Å²) in [6.07, 6.45) is 5.62. The lowest BCUT2D eigenvalue weighted by Crippen LogP contribution is -2.39. The summed E-state index contributed by atoms with van der Waals surface area (Å²) in [4.78, 5) is 26.4. The maximum atomic E-state index is 12.8. The van der Waals surface area contributed by atoms with Crippen molar-refractivity contribution < 1.29 is 14.3 Å². The van der Waals surface area contributed by atoms with Gasteiger partial charge in [0.05, 0.1) is 0 Å². The molecule has 0 heterocycles. The third-order valence-electron chi connectivity index (χ3n) is 4.71. The van der Waals surface area contributed by atoms with Crippen LogP contribution >= 0.6 is 0 Å². The van der Waals surface area contributed by atoms with Crippen LogP contribution in [-0.4, -0.2) is 31.1 Å². The lowest BCUT2D eigenvalue weighted by atomic mass is 9.95. The quantitative estimate of drug-likeness (QED) is 0.810. The van der Waals surface area contributed by atoms with Crippen molar-refractivity contribution in [3.8, 4) is 0 Å². The monoisotopic (exact) mass is 366 g/mol. The summed E-state index contributed by atoms with van der Waals surface area (Å²) in [6.45, 7) is -0.248. The third-order valence-corrected chi connectivity index (χ3v) is 4.71. The van der Waals surface area contributed by atoms with Gasteiger partial charge in [-0.2, -0.15) is 0 Å². The van der Waals surface area contributed by atoms with Crippen LogP contribution < -0.4 is 10.2 Å². The average Bonchev–Trinajstić information content (AvgIpc) is 2.70. The van der Waals surface area contributed by atoms with Gasteiger partial charge in [0, 0.05) is 17.4 Å². The van der Waals surface area contributed by atoms with Gasteiger partial charge in [-0.3, -0.25) is 14.5 Å². The Bertz CT molecular complexity index is 688. The molecule has 2 amide bonds. The van der Waals surface area contributed by atoms with Crippen molar-refractivity contribution in [3.63, 3.8) is 0 Å². The Morgan fingerprint density at radius 2 is 1.41 bits per heavy atom. The molecule has 0 unspecified atom stereocenters. The molecule has 5 heteroatoms. The maximum absolute atomic E-state index is 12.8. The molecule has 0 bridgehead atoms. The molecule has 1 aliphatic rings. The van der Waals surface area contributed by atoms with Crippen molar-refractivity contribution >= 4 is 23.2 Å². The molecule has 0 spiro atoms. The Kier molecular flexibility index (Phi) is 6.99. The van der Waals surface area contributed by atoms with E-state index in [-0.39, 0.29) is 31.1 Å². The van der Waals surface area contributed by atoms with Crippen molar-refractivity contribution in [3.05, 3.63) is 60.7 Å². The molecule has 1 aliphatic carbocycles. The Labute approximate surface area is 160 Å². The minimum atomic E-state index is -0.210. The molecule has 5 nitrogen and oxygen atoms in total. The fourth-order valence-electron chi connectivity index (χ4n) is 3.40. The lowest BCUT2D eigenvalue weighted by Gasteiger charge is -2.24. The second-order valence-corrected chi connectivity index (χ2v) is 6.80. The van der Waals surface area contributed by atoms with Crippen LogP contribution in [0.5, 0.6) is 0 Å². The fraction of sp³-hybridized carbons (Fsp3) is 0.364. The predicted octanol–water partition coefficient (Wildman–Crippen LogP) is 3.82.